The molecule has 184 valence electrons. The summed E-state index contributed by atoms with van der Waals surface area (Å²) in [5, 5.41) is 10.5. The Morgan fingerprint density at radius 1 is 1.17 bits per heavy atom. The Kier molecular flexibility index (Phi) is 6.40. The van der Waals surface area contributed by atoms with E-state index in [4.69, 9.17) is 5.73 Å². The molecule has 36 heavy (non-hydrogen) atoms. The van der Waals surface area contributed by atoms with Crippen molar-refractivity contribution in [1.82, 2.24) is 23.7 Å². The average Bonchev–Trinajstić information content (AvgIpc) is 3.22. The normalized spacial score (nSPS) is 11.4. The minimum Gasteiger partial charge on any atom is -0.343 e. The van der Waals surface area contributed by atoms with Crippen molar-refractivity contribution in [2.75, 3.05) is 18.5 Å². The van der Waals surface area contributed by atoms with Crippen LogP contribution < -0.4 is 21.9 Å². The zero-order valence-electron chi connectivity index (χ0n) is 21.0. The summed E-state index contributed by atoms with van der Waals surface area (Å²) in [5.41, 5.74) is 6.45. The Bertz CT molecular complexity index is 1700. The molecule has 1 aromatic carbocycles. The molecule has 0 bridgehead atoms. The number of aromatic nitrogens is 5. The Hall–Kier alpha value is -4.41. The number of fused-ring (bicyclic) bond motifs is 2. The quantitative estimate of drug-likeness (QED) is 0.411. The van der Waals surface area contributed by atoms with Gasteiger partial charge in [-0.2, -0.15) is 10.2 Å². The molecule has 2 N–H and O–H groups in total. The van der Waals surface area contributed by atoms with Crippen LogP contribution in [0.15, 0.2) is 39.9 Å². The molecule has 4 aromatic rings. The number of hydrogen-bond acceptors (Lipinski definition) is 7. The minimum absolute atomic E-state index is 0.152. The maximum atomic E-state index is 13.8. The van der Waals surface area contributed by atoms with Crippen molar-refractivity contribution in [2.45, 2.75) is 39.4 Å². The summed E-state index contributed by atoms with van der Waals surface area (Å²) in [5.74, 6) is 6.33. The lowest BCUT2D eigenvalue weighted by Gasteiger charge is -2.27. The van der Waals surface area contributed by atoms with E-state index in [1.165, 1.54) is 4.57 Å². The number of likely N-dealkylation sites (N-methyl/N-ethyl adjacent to an activating group) is 1. The molecule has 10 heteroatoms. The number of hydrogen-bond donors (Lipinski definition) is 1. The Morgan fingerprint density at radius 2 is 1.89 bits per heavy atom. The number of nitrogens with zero attached hydrogens (tertiary/aromatic N) is 7. The van der Waals surface area contributed by atoms with Crippen LogP contribution in [-0.2, 0) is 20.1 Å². The zero-order valence-corrected chi connectivity index (χ0v) is 21.0. The van der Waals surface area contributed by atoms with E-state index in [0.717, 1.165) is 9.95 Å². The van der Waals surface area contributed by atoms with Crippen LogP contribution in [-0.4, -0.2) is 42.8 Å². The van der Waals surface area contributed by atoms with Gasteiger partial charge in [-0.25, -0.2) is 9.78 Å². The molecule has 3 aromatic heterocycles. The molecule has 0 atom stereocenters. The van der Waals surface area contributed by atoms with Gasteiger partial charge >= 0.3 is 5.69 Å². The smallest absolute Gasteiger partial charge is 0.332 e. The maximum Gasteiger partial charge on any atom is 0.332 e. The zero-order chi connectivity index (χ0) is 26.2. The molecule has 0 aliphatic rings. The SMILES string of the molecule is CC#CCn1c(N(C)CC(C)(C)N)nc2c1c(=O)n(Cc1nc3ccccc3cc1C#N)c(=O)n2C. The van der Waals surface area contributed by atoms with Gasteiger partial charge in [-0.3, -0.25) is 18.5 Å². The van der Waals surface area contributed by atoms with Crippen LogP contribution in [0.25, 0.3) is 22.1 Å². The molecule has 0 saturated heterocycles. The second kappa shape index (κ2) is 9.33. The lowest BCUT2D eigenvalue weighted by atomic mass is 10.1. The van der Waals surface area contributed by atoms with E-state index in [-0.39, 0.29) is 24.3 Å². The summed E-state index contributed by atoms with van der Waals surface area (Å²) in [6.07, 6.45) is 0. The molecule has 0 saturated carbocycles. The van der Waals surface area contributed by atoms with E-state index in [9.17, 15) is 14.9 Å². The summed E-state index contributed by atoms with van der Waals surface area (Å²) in [7, 11) is 3.40. The molecule has 0 radical (unpaired) electrons. The second-order valence-electron chi connectivity index (χ2n) is 9.46. The summed E-state index contributed by atoms with van der Waals surface area (Å²) in [4.78, 5) is 38.1. The maximum absolute atomic E-state index is 13.8. The fourth-order valence-electron chi connectivity index (χ4n) is 4.30. The van der Waals surface area contributed by atoms with E-state index < -0.39 is 16.8 Å². The first-order valence-corrected chi connectivity index (χ1v) is 11.4. The number of nitriles is 1. The molecule has 0 aliphatic carbocycles. The summed E-state index contributed by atoms with van der Waals surface area (Å²) < 4.78 is 4.13. The average molecular weight is 485 g/mol. The third-order valence-corrected chi connectivity index (χ3v) is 5.84. The van der Waals surface area contributed by atoms with Gasteiger partial charge in [0.15, 0.2) is 11.2 Å². The van der Waals surface area contributed by atoms with Crippen molar-refractivity contribution in [1.29, 1.82) is 5.26 Å². The molecule has 0 fully saturated rings. The van der Waals surface area contributed by atoms with Gasteiger partial charge in [-0.1, -0.05) is 24.1 Å². The predicted molar refractivity (Wildman–Crippen MR) is 140 cm³/mol. The van der Waals surface area contributed by atoms with Gasteiger partial charge in [0.2, 0.25) is 5.95 Å². The molecular weight excluding hydrogens is 456 g/mol. The number of pyridine rings is 1. The van der Waals surface area contributed by atoms with E-state index in [0.29, 0.717) is 29.3 Å². The topological polar surface area (TPSA) is 128 Å². The highest BCUT2D eigenvalue weighted by Gasteiger charge is 2.24. The van der Waals surface area contributed by atoms with Gasteiger partial charge in [0.05, 0.1) is 29.9 Å². The first-order valence-electron chi connectivity index (χ1n) is 11.4. The Morgan fingerprint density at radius 3 is 2.56 bits per heavy atom. The first-order chi connectivity index (χ1) is 17.1. The van der Waals surface area contributed by atoms with Gasteiger partial charge < -0.3 is 10.6 Å². The lowest BCUT2D eigenvalue weighted by molar-refractivity contribution is 0.512. The van der Waals surface area contributed by atoms with Crippen LogP contribution in [0, 0.1) is 23.2 Å². The van der Waals surface area contributed by atoms with Crippen molar-refractivity contribution in [3.05, 3.63) is 62.4 Å². The number of imidazole rings is 1. The number of aryl methyl sites for hydroxylation is 1. The van der Waals surface area contributed by atoms with Crippen LogP contribution in [0.5, 0.6) is 0 Å². The van der Waals surface area contributed by atoms with E-state index in [1.54, 1.807) is 24.6 Å². The highest BCUT2D eigenvalue weighted by Crippen LogP contribution is 2.21. The third kappa shape index (κ3) is 4.47. The first kappa shape index (κ1) is 24.7. The number of rotatable bonds is 6. The lowest BCUT2D eigenvalue weighted by Crippen LogP contribution is -2.44. The Labute approximate surface area is 208 Å². The molecule has 0 aliphatic heterocycles. The van der Waals surface area contributed by atoms with Crippen LogP contribution >= 0.6 is 0 Å². The number of para-hydroxylation sites is 1. The largest absolute Gasteiger partial charge is 0.343 e. The van der Waals surface area contributed by atoms with Crippen molar-refractivity contribution in [3.63, 3.8) is 0 Å². The number of benzene rings is 1. The minimum atomic E-state index is -0.550. The highest BCUT2D eigenvalue weighted by atomic mass is 16.2. The van der Waals surface area contributed by atoms with Crippen LogP contribution in [0.4, 0.5) is 5.95 Å². The monoisotopic (exact) mass is 484 g/mol. The third-order valence-electron chi connectivity index (χ3n) is 5.84. The van der Waals surface area contributed by atoms with E-state index in [2.05, 4.69) is 27.9 Å². The van der Waals surface area contributed by atoms with Crippen molar-refractivity contribution in [2.24, 2.45) is 12.8 Å². The fraction of sp³-hybridized carbons (Fsp3) is 0.346. The number of anilines is 1. The van der Waals surface area contributed by atoms with Gasteiger partial charge in [-0.15, -0.1) is 5.92 Å². The summed E-state index contributed by atoms with van der Waals surface area (Å²) in [6.45, 7) is 6.03. The predicted octanol–water partition coefficient (Wildman–Crippen LogP) is 1.56. The van der Waals surface area contributed by atoms with Crippen LogP contribution in [0.3, 0.4) is 0 Å². The number of nitrogens with two attached hydrogens (primary N) is 1. The van der Waals surface area contributed by atoms with Crippen molar-refractivity contribution in [3.8, 4) is 17.9 Å². The van der Waals surface area contributed by atoms with Gasteiger partial charge in [0, 0.05) is 31.6 Å². The molecule has 0 spiro atoms. The van der Waals surface area contributed by atoms with Gasteiger partial charge in [0.25, 0.3) is 5.56 Å². The fourth-order valence-corrected chi connectivity index (χ4v) is 4.30. The van der Waals surface area contributed by atoms with E-state index >= 15 is 0 Å². The van der Waals surface area contributed by atoms with Crippen LogP contribution in [0.2, 0.25) is 0 Å². The Balaban J connectivity index is 1.95. The van der Waals surface area contributed by atoms with Crippen molar-refractivity contribution < 1.29 is 0 Å². The van der Waals surface area contributed by atoms with Gasteiger partial charge in [0.1, 0.15) is 6.07 Å². The molecule has 4 rings (SSSR count). The molecular formula is C26H28N8O2. The molecule has 10 nitrogen and oxygen atoms in total. The van der Waals surface area contributed by atoms with Crippen molar-refractivity contribution >= 4 is 28.0 Å². The highest BCUT2D eigenvalue weighted by molar-refractivity contribution is 5.80. The molecule has 0 amide bonds. The van der Waals surface area contributed by atoms with Crippen LogP contribution in [0.1, 0.15) is 32.0 Å². The summed E-state index contributed by atoms with van der Waals surface area (Å²) >= 11 is 0. The summed E-state index contributed by atoms with van der Waals surface area (Å²) in [6, 6.07) is 11.2. The second-order valence-corrected chi connectivity index (χ2v) is 9.46. The van der Waals surface area contributed by atoms with E-state index in [1.807, 2.05) is 50.1 Å². The molecule has 3 heterocycles. The molecule has 0 unspecified atom stereocenters. The van der Waals surface area contributed by atoms with Gasteiger partial charge in [-0.05, 0) is 32.9 Å². The standard InChI is InChI=1S/C26H28N8O2/c1-6-7-12-33-21-22(30-24(33)31(4)16-26(2,3)28)32(5)25(36)34(23(21)35)15-20-18(14-27)13-17-10-8-9-11-19(17)29-20/h8-11,13H,12,15-16,28H2,1-5H3.